The number of esters is 8. The molecule has 4 aliphatic rings. The number of fused-ring (bicyclic) bond motifs is 5. The third-order valence-electron chi connectivity index (χ3n) is 12.0. The zero-order valence-corrected chi connectivity index (χ0v) is 35.3. The fourth-order valence-electron chi connectivity index (χ4n) is 9.65. The molecular formula is C42H48N2O18. The molecule has 1 N–H and O–H groups in total. The van der Waals surface area contributed by atoms with Crippen LogP contribution in [0.15, 0.2) is 42.9 Å². The summed E-state index contributed by atoms with van der Waals surface area (Å²) < 4.78 is 55.3. The minimum atomic E-state index is -2.86. The SMILES string of the molecule is CC(=O)OC[C@]12[C@H](OC(=O)c3cccnc3)[C@@H](OC(C)=O)[C@@H]3OC(=O)[C@@H](C)CCc4ncccc4C(=O)OC[C@@]4(C)O[C@]1([C@H](OC(C)=O)[C@@H]4[C@@H](OC(C)=O)[C@@H]2OC(C)=O)[C@@]3(C)O. The lowest BCUT2D eigenvalue weighted by Gasteiger charge is -2.67. The average molecular weight is 869 g/mol. The van der Waals surface area contributed by atoms with Crippen LogP contribution in [0.2, 0.25) is 0 Å². The van der Waals surface area contributed by atoms with E-state index in [0.717, 1.165) is 47.7 Å². The van der Waals surface area contributed by atoms with E-state index in [1.54, 1.807) is 0 Å². The van der Waals surface area contributed by atoms with Crippen molar-refractivity contribution in [1.29, 1.82) is 0 Å². The quantitative estimate of drug-likeness (QED) is 0.291. The van der Waals surface area contributed by atoms with Crippen molar-refractivity contribution in [3.63, 3.8) is 0 Å². The van der Waals surface area contributed by atoms with Crippen molar-refractivity contribution < 1.29 is 86.1 Å². The van der Waals surface area contributed by atoms with Gasteiger partial charge < -0.3 is 47.7 Å². The van der Waals surface area contributed by atoms with E-state index in [1.807, 2.05) is 0 Å². The second-order valence-corrected chi connectivity index (χ2v) is 16.3. The predicted molar refractivity (Wildman–Crippen MR) is 203 cm³/mol. The maximum absolute atomic E-state index is 14.4. The zero-order valence-electron chi connectivity index (χ0n) is 35.3. The molecule has 334 valence electrons. The number of carbonyl (C=O) groups is 8. The van der Waals surface area contributed by atoms with Crippen LogP contribution in [-0.2, 0) is 77.8 Å². The Morgan fingerprint density at radius 3 is 2.03 bits per heavy atom. The number of aryl methyl sites for hydroxylation is 1. The van der Waals surface area contributed by atoms with Crippen molar-refractivity contribution in [2.75, 3.05) is 13.2 Å². The smallest absolute Gasteiger partial charge is 0.340 e. The van der Waals surface area contributed by atoms with Crippen LogP contribution in [0.3, 0.4) is 0 Å². The van der Waals surface area contributed by atoms with Crippen LogP contribution in [0, 0.1) is 17.3 Å². The van der Waals surface area contributed by atoms with Gasteiger partial charge in [-0.3, -0.25) is 38.7 Å². The Kier molecular flexibility index (Phi) is 12.5. The van der Waals surface area contributed by atoms with Crippen molar-refractivity contribution in [3.8, 4) is 0 Å². The molecule has 62 heavy (non-hydrogen) atoms. The molecule has 0 aromatic carbocycles. The molecule has 12 atom stereocenters. The Balaban J connectivity index is 1.79. The Labute approximate surface area is 355 Å². The maximum Gasteiger partial charge on any atom is 0.340 e. The van der Waals surface area contributed by atoms with Gasteiger partial charge in [-0.2, -0.15) is 0 Å². The topological polar surface area (TPSA) is 266 Å². The van der Waals surface area contributed by atoms with E-state index in [1.165, 1.54) is 50.5 Å². The summed E-state index contributed by atoms with van der Waals surface area (Å²) >= 11 is 0. The number of pyridine rings is 2. The van der Waals surface area contributed by atoms with Crippen molar-refractivity contribution in [2.45, 2.75) is 122 Å². The highest BCUT2D eigenvalue weighted by Crippen LogP contribution is 2.70. The van der Waals surface area contributed by atoms with Crippen LogP contribution in [0.4, 0.5) is 0 Å². The van der Waals surface area contributed by atoms with E-state index in [2.05, 4.69) is 9.97 Å². The van der Waals surface area contributed by atoms with E-state index < -0.39 is 132 Å². The van der Waals surface area contributed by atoms with Gasteiger partial charge in [-0.15, -0.1) is 0 Å². The first-order chi connectivity index (χ1) is 29.1. The van der Waals surface area contributed by atoms with E-state index >= 15 is 0 Å². The number of aromatic nitrogens is 2. The largest absolute Gasteiger partial charge is 0.465 e. The second-order valence-electron chi connectivity index (χ2n) is 16.3. The molecule has 4 bridgehead atoms. The molecule has 0 radical (unpaired) electrons. The Bertz CT molecular complexity index is 2140. The zero-order chi connectivity index (χ0) is 45.5. The molecule has 2 aliphatic heterocycles. The van der Waals surface area contributed by atoms with Gasteiger partial charge in [0.25, 0.3) is 0 Å². The number of ether oxygens (including phenoxy) is 9. The summed E-state index contributed by atoms with van der Waals surface area (Å²) in [6.07, 6.45) is -8.27. The number of rotatable bonds is 8. The lowest BCUT2D eigenvalue weighted by atomic mass is 9.45. The standard InChI is InChI=1S/C42H48N2O18/c1-20-13-14-28-27(12-10-16-44-28)38(52)55-18-39(7)29-30(56-22(3)46)34(59-25(6)49)41(19-54-21(2)45)35(61-37(51)26-11-9-15-43-17-26)31(57-23(4)47)33(60-36(20)50)40(8,53)42(41,62-39)32(29)58-24(5)48/h9-12,15-17,20,29-35,53H,13-14,18-19H2,1-8H3/t20-,29-,30+,31-,32+,33-,34-,35+,39+,40-,41-,42+/m0/s1. The number of cyclic esters (lactones) is 1. The molecule has 20 heteroatoms. The molecule has 20 nitrogen and oxygen atoms in total. The predicted octanol–water partition coefficient (Wildman–Crippen LogP) is 1.55. The summed E-state index contributed by atoms with van der Waals surface area (Å²) in [5.41, 5.74) is -10.3. The van der Waals surface area contributed by atoms with Crippen molar-refractivity contribution in [3.05, 3.63) is 59.7 Å². The summed E-state index contributed by atoms with van der Waals surface area (Å²) in [4.78, 5) is 117. The summed E-state index contributed by atoms with van der Waals surface area (Å²) in [5, 5.41) is 13.6. The van der Waals surface area contributed by atoms with Crippen LogP contribution in [-0.4, -0.2) is 129 Å². The highest BCUT2D eigenvalue weighted by atomic mass is 16.7. The summed E-state index contributed by atoms with van der Waals surface area (Å²) in [7, 11) is 0. The monoisotopic (exact) mass is 868 g/mol. The van der Waals surface area contributed by atoms with Gasteiger partial charge in [0, 0.05) is 53.2 Å². The Hall–Kier alpha value is -6.02. The minimum absolute atomic E-state index is 0.0174. The van der Waals surface area contributed by atoms with Crippen LogP contribution in [0.1, 0.15) is 88.2 Å². The minimum Gasteiger partial charge on any atom is -0.465 e. The Morgan fingerprint density at radius 2 is 1.42 bits per heavy atom. The van der Waals surface area contributed by atoms with Crippen LogP contribution < -0.4 is 0 Å². The normalized spacial score (nSPS) is 35.0. The summed E-state index contributed by atoms with van der Waals surface area (Å²) in [6.45, 7) is 7.08. The first-order valence-electron chi connectivity index (χ1n) is 19.8. The highest BCUT2D eigenvalue weighted by molar-refractivity contribution is 5.91. The average Bonchev–Trinajstić information content (AvgIpc) is 3.41. The van der Waals surface area contributed by atoms with Gasteiger partial charge in [-0.05, 0) is 51.0 Å². The fourth-order valence-corrected chi connectivity index (χ4v) is 9.65. The molecule has 2 saturated carbocycles. The second kappa shape index (κ2) is 17.0. The summed E-state index contributed by atoms with van der Waals surface area (Å²) in [6, 6.07) is 5.67. The third-order valence-corrected chi connectivity index (χ3v) is 12.0. The molecule has 4 heterocycles. The van der Waals surface area contributed by atoms with E-state index in [0.29, 0.717) is 0 Å². The molecule has 0 unspecified atom stereocenters. The molecule has 1 saturated heterocycles. The van der Waals surface area contributed by atoms with Gasteiger partial charge in [0.1, 0.15) is 42.0 Å². The summed E-state index contributed by atoms with van der Waals surface area (Å²) in [5.74, 6) is -10.8. The van der Waals surface area contributed by atoms with Crippen molar-refractivity contribution >= 4 is 47.8 Å². The first-order valence-corrected chi connectivity index (χ1v) is 19.8. The number of aliphatic hydroxyl groups is 1. The van der Waals surface area contributed by atoms with Gasteiger partial charge in [0.2, 0.25) is 0 Å². The van der Waals surface area contributed by atoms with Gasteiger partial charge in [0.15, 0.2) is 30.0 Å². The maximum atomic E-state index is 14.4. The van der Waals surface area contributed by atoms with Crippen LogP contribution >= 0.6 is 0 Å². The molecule has 6 rings (SSSR count). The molecule has 2 aromatic rings. The van der Waals surface area contributed by atoms with Gasteiger partial charge in [0.05, 0.1) is 28.7 Å². The first kappa shape index (κ1) is 45.5. The van der Waals surface area contributed by atoms with Gasteiger partial charge >= 0.3 is 47.8 Å². The van der Waals surface area contributed by atoms with Gasteiger partial charge in [-0.1, -0.05) is 6.92 Å². The van der Waals surface area contributed by atoms with Crippen molar-refractivity contribution in [1.82, 2.24) is 9.97 Å². The highest BCUT2D eigenvalue weighted by Gasteiger charge is 2.92. The lowest BCUT2D eigenvalue weighted by molar-refractivity contribution is -0.385. The Morgan fingerprint density at radius 1 is 0.806 bits per heavy atom. The third kappa shape index (κ3) is 7.73. The lowest BCUT2D eigenvalue weighted by Crippen LogP contribution is -2.89. The van der Waals surface area contributed by atoms with E-state index in [-0.39, 0.29) is 29.7 Å². The molecule has 2 aliphatic carbocycles. The van der Waals surface area contributed by atoms with Gasteiger partial charge in [-0.25, -0.2) is 9.59 Å². The molecule has 2 aromatic heterocycles. The van der Waals surface area contributed by atoms with Crippen LogP contribution in [0.25, 0.3) is 0 Å². The number of hydrogen-bond acceptors (Lipinski definition) is 20. The van der Waals surface area contributed by atoms with E-state index in [9.17, 15) is 43.5 Å². The number of carbonyl (C=O) groups excluding carboxylic acids is 8. The molecule has 0 amide bonds. The number of hydrogen-bond donors (Lipinski definition) is 1. The number of nitrogens with zero attached hydrogens (tertiary/aromatic N) is 2. The van der Waals surface area contributed by atoms with E-state index in [4.69, 9.17) is 42.6 Å². The molecule has 1 spiro atoms. The molecule has 3 fully saturated rings. The molecular weight excluding hydrogens is 820 g/mol. The van der Waals surface area contributed by atoms with Crippen molar-refractivity contribution in [2.24, 2.45) is 17.3 Å². The van der Waals surface area contributed by atoms with Crippen LogP contribution in [0.5, 0.6) is 0 Å². The fraction of sp³-hybridized carbons (Fsp3) is 0.571.